The van der Waals surface area contributed by atoms with Crippen LogP contribution in [0.5, 0.6) is 0 Å². The fourth-order valence-electron chi connectivity index (χ4n) is 2.30. The molecule has 2 N–H and O–H groups in total. The molecule has 1 aliphatic carbocycles. The molecule has 4 nitrogen and oxygen atoms in total. The van der Waals surface area contributed by atoms with E-state index in [2.05, 4.69) is 15.5 Å². The van der Waals surface area contributed by atoms with Gasteiger partial charge in [0.25, 0.3) is 0 Å². The molecule has 16 heavy (non-hydrogen) atoms. The van der Waals surface area contributed by atoms with E-state index >= 15 is 0 Å². The average molecular weight is 225 g/mol. The van der Waals surface area contributed by atoms with Crippen LogP contribution >= 0.6 is 0 Å². The molecule has 0 radical (unpaired) electrons. The first-order valence-electron chi connectivity index (χ1n) is 6.61. The van der Waals surface area contributed by atoms with Crippen LogP contribution in [0.3, 0.4) is 0 Å². The van der Waals surface area contributed by atoms with Crippen molar-refractivity contribution in [1.82, 2.24) is 15.5 Å². The van der Waals surface area contributed by atoms with Crippen LogP contribution in [-0.4, -0.2) is 43.2 Å². The maximum absolute atomic E-state index is 11.4. The van der Waals surface area contributed by atoms with Gasteiger partial charge in [-0.2, -0.15) is 0 Å². The van der Waals surface area contributed by atoms with Crippen LogP contribution in [0.2, 0.25) is 0 Å². The monoisotopic (exact) mass is 225 g/mol. The lowest BCUT2D eigenvalue weighted by Gasteiger charge is -2.26. The first-order valence-corrected chi connectivity index (χ1v) is 6.61. The highest BCUT2D eigenvalue weighted by molar-refractivity contribution is 5.74. The first kappa shape index (κ1) is 11.7. The van der Waals surface area contributed by atoms with E-state index in [1.807, 2.05) is 0 Å². The molecule has 1 aliphatic heterocycles. The SMILES string of the molecule is O=C(NCCCN1CCCC1)NC1CCC1. The third-order valence-electron chi connectivity index (χ3n) is 3.58. The Kier molecular flexibility index (Phi) is 4.45. The summed E-state index contributed by atoms with van der Waals surface area (Å²) in [5.74, 6) is 0. The molecule has 0 unspecified atom stereocenters. The van der Waals surface area contributed by atoms with E-state index in [9.17, 15) is 4.79 Å². The molecule has 0 bridgehead atoms. The number of urea groups is 1. The summed E-state index contributed by atoms with van der Waals surface area (Å²) in [5.41, 5.74) is 0. The Morgan fingerprint density at radius 1 is 1.19 bits per heavy atom. The van der Waals surface area contributed by atoms with Crippen molar-refractivity contribution in [3.63, 3.8) is 0 Å². The minimum absolute atomic E-state index is 0.0196. The Hall–Kier alpha value is -0.770. The molecule has 4 heteroatoms. The van der Waals surface area contributed by atoms with E-state index < -0.39 is 0 Å². The number of nitrogens with zero attached hydrogens (tertiary/aromatic N) is 1. The van der Waals surface area contributed by atoms with E-state index in [0.717, 1.165) is 32.4 Å². The minimum atomic E-state index is 0.0196. The minimum Gasteiger partial charge on any atom is -0.338 e. The summed E-state index contributed by atoms with van der Waals surface area (Å²) in [6.07, 6.45) is 7.32. The van der Waals surface area contributed by atoms with Crippen molar-refractivity contribution in [2.45, 2.75) is 44.6 Å². The Bertz CT molecular complexity index is 222. The Labute approximate surface area is 97.8 Å². The lowest BCUT2D eigenvalue weighted by Crippen LogP contribution is -2.45. The van der Waals surface area contributed by atoms with Gasteiger partial charge >= 0.3 is 6.03 Å². The number of likely N-dealkylation sites (tertiary alicyclic amines) is 1. The van der Waals surface area contributed by atoms with Gasteiger partial charge in [0.05, 0.1) is 0 Å². The molecule has 1 saturated carbocycles. The van der Waals surface area contributed by atoms with Crippen LogP contribution in [0, 0.1) is 0 Å². The summed E-state index contributed by atoms with van der Waals surface area (Å²) in [5, 5.41) is 5.91. The summed E-state index contributed by atoms with van der Waals surface area (Å²) in [6.45, 7) is 4.42. The molecule has 1 heterocycles. The second kappa shape index (κ2) is 6.09. The predicted molar refractivity (Wildman–Crippen MR) is 64.5 cm³/mol. The van der Waals surface area contributed by atoms with Gasteiger partial charge in [-0.05, 0) is 58.2 Å². The maximum atomic E-state index is 11.4. The van der Waals surface area contributed by atoms with Crippen molar-refractivity contribution in [2.75, 3.05) is 26.2 Å². The van der Waals surface area contributed by atoms with Gasteiger partial charge in [-0.25, -0.2) is 4.79 Å². The summed E-state index contributed by atoms with van der Waals surface area (Å²) >= 11 is 0. The van der Waals surface area contributed by atoms with Gasteiger partial charge in [0, 0.05) is 12.6 Å². The smallest absolute Gasteiger partial charge is 0.315 e. The molecule has 2 rings (SSSR count). The van der Waals surface area contributed by atoms with Crippen LogP contribution in [0.1, 0.15) is 38.5 Å². The van der Waals surface area contributed by atoms with Crippen molar-refractivity contribution in [3.05, 3.63) is 0 Å². The zero-order chi connectivity index (χ0) is 11.2. The second-order valence-electron chi connectivity index (χ2n) is 4.93. The molecule has 0 spiro atoms. The van der Waals surface area contributed by atoms with Crippen LogP contribution < -0.4 is 10.6 Å². The number of carbonyl (C=O) groups is 1. The zero-order valence-corrected chi connectivity index (χ0v) is 10.0. The van der Waals surface area contributed by atoms with Crippen molar-refractivity contribution < 1.29 is 4.79 Å². The number of nitrogens with one attached hydrogen (secondary N) is 2. The maximum Gasteiger partial charge on any atom is 0.315 e. The highest BCUT2D eigenvalue weighted by atomic mass is 16.2. The predicted octanol–water partition coefficient (Wildman–Crippen LogP) is 1.32. The van der Waals surface area contributed by atoms with Gasteiger partial charge in [0.15, 0.2) is 0 Å². The molecule has 2 fully saturated rings. The standard InChI is InChI=1S/C12H23N3O/c16-12(14-11-5-3-6-11)13-7-4-10-15-8-1-2-9-15/h11H,1-10H2,(H2,13,14,16). The molecule has 2 aliphatic rings. The van der Waals surface area contributed by atoms with Gasteiger partial charge < -0.3 is 15.5 Å². The average Bonchev–Trinajstić information content (AvgIpc) is 2.71. The molecule has 0 aromatic rings. The van der Waals surface area contributed by atoms with E-state index in [0.29, 0.717) is 6.04 Å². The van der Waals surface area contributed by atoms with Gasteiger partial charge in [0.2, 0.25) is 0 Å². The molecule has 2 amide bonds. The Morgan fingerprint density at radius 3 is 2.56 bits per heavy atom. The van der Waals surface area contributed by atoms with Crippen LogP contribution in [0.25, 0.3) is 0 Å². The van der Waals surface area contributed by atoms with Crippen LogP contribution in [0.4, 0.5) is 4.79 Å². The zero-order valence-electron chi connectivity index (χ0n) is 10.0. The highest BCUT2D eigenvalue weighted by Gasteiger charge is 2.18. The lowest BCUT2D eigenvalue weighted by atomic mass is 9.93. The second-order valence-corrected chi connectivity index (χ2v) is 4.93. The lowest BCUT2D eigenvalue weighted by molar-refractivity contribution is 0.227. The van der Waals surface area contributed by atoms with Crippen molar-refractivity contribution in [1.29, 1.82) is 0 Å². The number of rotatable bonds is 5. The fourth-order valence-corrected chi connectivity index (χ4v) is 2.30. The molecule has 0 aromatic carbocycles. The van der Waals surface area contributed by atoms with E-state index in [4.69, 9.17) is 0 Å². The molecule has 0 aromatic heterocycles. The first-order chi connectivity index (χ1) is 7.84. The van der Waals surface area contributed by atoms with Gasteiger partial charge in [-0.3, -0.25) is 0 Å². The normalized spacial score (nSPS) is 21.8. The van der Waals surface area contributed by atoms with Crippen molar-refractivity contribution in [2.24, 2.45) is 0 Å². The highest BCUT2D eigenvalue weighted by Crippen LogP contribution is 2.17. The van der Waals surface area contributed by atoms with Gasteiger partial charge in [-0.1, -0.05) is 0 Å². The number of amides is 2. The van der Waals surface area contributed by atoms with E-state index in [-0.39, 0.29) is 6.03 Å². The van der Waals surface area contributed by atoms with E-state index in [1.165, 1.54) is 32.4 Å². The van der Waals surface area contributed by atoms with Crippen molar-refractivity contribution >= 4 is 6.03 Å². The summed E-state index contributed by atoms with van der Waals surface area (Å²) in [7, 11) is 0. The third-order valence-corrected chi connectivity index (χ3v) is 3.58. The Balaban J connectivity index is 1.45. The third kappa shape index (κ3) is 3.67. The largest absolute Gasteiger partial charge is 0.338 e. The van der Waals surface area contributed by atoms with Crippen LogP contribution in [0.15, 0.2) is 0 Å². The molecular formula is C12H23N3O. The van der Waals surface area contributed by atoms with Gasteiger partial charge in [0.1, 0.15) is 0 Å². The topological polar surface area (TPSA) is 44.4 Å². The molecule has 1 saturated heterocycles. The molecular weight excluding hydrogens is 202 g/mol. The quantitative estimate of drug-likeness (QED) is 0.693. The molecule has 92 valence electrons. The molecule has 0 atom stereocenters. The van der Waals surface area contributed by atoms with Gasteiger partial charge in [-0.15, -0.1) is 0 Å². The van der Waals surface area contributed by atoms with Crippen LogP contribution in [-0.2, 0) is 0 Å². The number of hydrogen-bond acceptors (Lipinski definition) is 2. The van der Waals surface area contributed by atoms with Crippen molar-refractivity contribution in [3.8, 4) is 0 Å². The number of hydrogen-bond donors (Lipinski definition) is 2. The summed E-state index contributed by atoms with van der Waals surface area (Å²) in [4.78, 5) is 13.9. The fraction of sp³-hybridized carbons (Fsp3) is 0.917. The summed E-state index contributed by atoms with van der Waals surface area (Å²) < 4.78 is 0. The Morgan fingerprint density at radius 2 is 1.94 bits per heavy atom. The summed E-state index contributed by atoms with van der Waals surface area (Å²) in [6, 6.07) is 0.463. The number of carbonyl (C=O) groups excluding carboxylic acids is 1. The van der Waals surface area contributed by atoms with E-state index in [1.54, 1.807) is 0 Å².